The highest BCUT2D eigenvalue weighted by molar-refractivity contribution is 6.31. The van der Waals surface area contributed by atoms with E-state index in [2.05, 4.69) is 4.98 Å². The number of ether oxygens (including phenoxy) is 1. The van der Waals surface area contributed by atoms with Crippen molar-refractivity contribution in [1.29, 1.82) is 0 Å². The number of nitrogens with two attached hydrogens (primary N) is 1. The number of hydrogen-bond acceptors (Lipinski definition) is 3. The topological polar surface area (TPSA) is 48.1 Å². The monoisotopic (exact) mass is 276 g/mol. The Labute approximate surface area is 118 Å². The van der Waals surface area contributed by atoms with E-state index in [-0.39, 0.29) is 0 Å². The summed E-state index contributed by atoms with van der Waals surface area (Å²) in [7, 11) is 0. The number of anilines is 1. The molecule has 0 aliphatic rings. The van der Waals surface area contributed by atoms with Gasteiger partial charge in [0, 0.05) is 16.9 Å². The maximum atomic E-state index is 5.98. The van der Waals surface area contributed by atoms with Gasteiger partial charge in [-0.15, -0.1) is 0 Å². The Morgan fingerprint density at radius 2 is 1.95 bits per heavy atom. The lowest BCUT2D eigenvalue weighted by Gasteiger charge is -2.11. The van der Waals surface area contributed by atoms with Crippen LogP contribution in [0, 0.1) is 20.8 Å². The second-order valence-electron chi connectivity index (χ2n) is 4.63. The van der Waals surface area contributed by atoms with E-state index >= 15 is 0 Å². The molecule has 0 bridgehead atoms. The summed E-state index contributed by atoms with van der Waals surface area (Å²) >= 11 is 5.98. The highest BCUT2D eigenvalue weighted by atomic mass is 35.5. The lowest BCUT2D eigenvalue weighted by atomic mass is 10.1. The number of aryl methyl sites for hydroxylation is 2. The second-order valence-corrected chi connectivity index (χ2v) is 5.03. The van der Waals surface area contributed by atoms with Crippen molar-refractivity contribution in [2.45, 2.75) is 27.4 Å². The largest absolute Gasteiger partial charge is 0.487 e. The molecule has 1 aromatic carbocycles. The fraction of sp³-hybridized carbons (Fsp3) is 0.267. The minimum absolute atomic E-state index is 0.400. The van der Waals surface area contributed by atoms with Crippen molar-refractivity contribution in [3.8, 4) is 5.75 Å². The van der Waals surface area contributed by atoms with Gasteiger partial charge in [0.05, 0.1) is 5.69 Å². The van der Waals surface area contributed by atoms with Gasteiger partial charge in [0.25, 0.3) is 0 Å². The molecule has 100 valence electrons. The molecular formula is C15H17ClN2O. The molecule has 0 fully saturated rings. The van der Waals surface area contributed by atoms with Crippen molar-refractivity contribution < 1.29 is 4.74 Å². The predicted octanol–water partition coefficient (Wildman–Crippen LogP) is 3.82. The van der Waals surface area contributed by atoms with Gasteiger partial charge in [0.1, 0.15) is 12.4 Å². The molecule has 2 rings (SSSR count). The molecule has 4 heteroatoms. The Balaban J connectivity index is 2.14. The fourth-order valence-corrected chi connectivity index (χ4v) is 1.91. The van der Waals surface area contributed by atoms with Crippen molar-refractivity contribution in [2.24, 2.45) is 0 Å². The number of pyridine rings is 1. The van der Waals surface area contributed by atoms with Crippen LogP contribution in [0.2, 0.25) is 5.02 Å². The zero-order valence-electron chi connectivity index (χ0n) is 11.3. The van der Waals surface area contributed by atoms with Crippen molar-refractivity contribution in [1.82, 2.24) is 4.98 Å². The number of halogens is 1. The first-order valence-electron chi connectivity index (χ1n) is 6.08. The number of aromatic nitrogens is 1. The van der Waals surface area contributed by atoms with Gasteiger partial charge in [0.2, 0.25) is 0 Å². The Kier molecular flexibility index (Phi) is 3.96. The summed E-state index contributed by atoms with van der Waals surface area (Å²) in [6, 6.07) is 5.59. The Morgan fingerprint density at radius 3 is 2.63 bits per heavy atom. The van der Waals surface area contributed by atoms with Gasteiger partial charge in [-0.25, -0.2) is 0 Å². The molecule has 0 saturated heterocycles. The smallest absolute Gasteiger partial charge is 0.131 e. The second kappa shape index (κ2) is 5.49. The van der Waals surface area contributed by atoms with Crippen LogP contribution in [0.5, 0.6) is 5.75 Å². The highest BCUT2D eigenvalue weighted by Crippen LogP contribution is 2.23. The molecule has 0 spiro atoms. The summed E-state index contributed by atoms with van der Waals surface area (Å²) in [5.74, 6) is 0.780. The number of benzene rings is 1. The molecule has 19 heavy (non-hydrogen) atoms. The van der Waals surface area contributed by atoms with Crippen molar-refractivity contribution in [3.05, 3.63) is 51.8 Å². The van der Waals surface area contributed by atoms with Crippen molar-refractivity contribution in [3.63, 3.8) is 0 Å². The standard InChI is InChI=1S/C15H17ClN2O/c1-9-6-12(4-5-13(9)16)19-8-14-11(3)15(17)10(2)7-18-14/h4-7H,8H2,1-3H3,(H2,17,18). The van der Waals surface area contributed by atoms with E-state index in [4.69, 9.17) is 22.1 Å². The molecule has 3 nitrogen and oxygen atoms in total. The number of nitrogen functional groups attached to an aromatic ring is 1. The maximum Gasteiger partial charge on any atom is 0.131 e. The van der Waals surface area contributed by atoms with Gasteiger partial charge in [0.15, 0.2) is 0 Å². The van der Waals surface area contributed by atoms with E-state index in [1.54, 1.807) is 6.20 Å². The van der Waals surface area contributed by atoms with E-state index in [9.17, 15) is 0 Å². The minimum Gasteiger partial charge on any atom is -0.487 e. The number of rotatable bonds is 3. The molecule has 0 unspecified atom stereocenters. The summed E-state index contributed by atoms with van der Waals surface area (Å²) in [5.41, 5.74) is 10.6. The number of nitrogens with zero attached hydrogens (tertiary/aromatic N) is 1. The molecule has 1 heterocycles. The third kappa shape index (κ3) is 2.99. The summed E-state index contributed by atoms with van der Waals surface area (Å²) in [5, 5.41) is 0.737. The zero-order valence-corrected chi connectivity index (χ0v) is 12.1. The lowest BCUT2D eigenvalue weighted by molar-refractivity contribution is 0.300. The maximum absolute atomic E-state index is 5.98. The number of hydrogen-bond donors (Lipinski definition) is 1. The van der Waals surface area contributed by atoms with Crippen molar-refractivity contribution in [2.75, 3.05) is 5.73 Å². The van der Waals surface area contributed by atoms with E-state index < -0.39 is 0 Å². The molecule has 0 aliphatic carbocycles. The molecule has 0 aliphatic heterocycles. The molecule has 0 saturated carbocycles. The van der Waals surface area contributed by atoms with Crippen LogP contribution >= 0.6 is 11.6 Å². The van der Waals surface area contributed by atoms with E-state index in [1.165, 1.54) is 0 Å². The average molecular weight is 277 g/mol. The normalized spacial score (nSPS) is 10.5. The fourth-order valence-electron chi connectivity index (χ4n) is 1.80. The molecular weight excluding hydrogens is 260 g/mol. The van der Waals surface area contributed by atoms with Gasteiger partial charge >= 0.3 is 0 Å². The van der Waals surface area contributed by atoms with E-state index in [0.29, 0.717) is 6.61 Å². The van der Waals surface area contributed by atoms with Crippen LogP contribution in [0.4, 0.5) is 5.69 Å². The van der Waals surface area contributed by atoms with Gasteiger partial charge in [-0.1, -0.05) is 11.6 Å². The Morgan fingerprint density at radius 1 is 1.21 bits per heavy atom. The lowest BCUT2D eigenvalue weighted by Crippen LogP contribution is -2.05. The van der Waals surface area contributed by atoms with Crippen LogP contribution < -0.4 is 10.5 Å². The predicted molar refractivity (Wildman–Crippen MR) is 78.6 cm³/mol. The van der Waals surface area contributed by atoms with E-state index in [0.717, 1.165) is 38.8 Å². The first-order chi connectivity index (χ1) is 8.99. The quantitative estimate of drug-likeness (QED) is 0.927. The third-order valence-corrected chi connectivity index (χ3v) is 3.60. The van der Waals surface area contributed by atoms with Gasteiger partial charge in [-0.05, 0) is 55.7 Å². The molecule has 1 aromatic heterocycles. The Hall–Kier alpha value is -1.74. The molecule has 2 aromatic rings. The van der Waals surface area contributed by atoms with Crippen molar-refractivity contribution >= 4 is 17.3 Å². The van der Waals surface area contributed by atoms with Crippen LogP contribution in [0.1, 0.15) is 22.4 Å². The summed E-state index contributed by atoms with van der Waals surface area (Å²) in [4.78, 5) is 4.36. The molecule has 2 N–H and O–H groups in total. The zero-order chi connectivity index (χ0) is 14.0. The van der Waals surface area contributed by atoms with Crippen LogP contribution in [-0.4, -0.2) is 4.98 Å². The van der Waals surface area contributed by atoms with E-state index in [1.807, 2.05) is 39.0 Å². The van der Waals surface area contributed by atoms with Crippen LogP contribution in [0.25, 0.3) is 0 Å². The van der Waals surface area contributed by atoms with Gasteiger partial charge in [-0.2, -0.15) is 0 Å². The Bertz CT molecular complexity index is 611. The highest BCUT2D eigenvalue weighted by Gasteiger charge is 2.07. The van der Waals surface area contributed by atoms with Crippen LogP contribution in [0.15, 0.2) is 24.4 Å². The first kappa shape index (κ1) is 13.7. The minimum atomic E-state index is 0.400. The SMILES string of the molecule is Cc1cc(OCc2ncc(C)c(N)c2C)ccc1Cl. The first-order valence-corrected chi connectivity index (χ1v) is 6.46. The summed E-state index contributed by atoms with van der Waals surface area (Å²) < 4.78 is 5.73. The third-order valence-electron chi connectivity index (χ3n) is 3.18. The summed E-state index contributed by atoms with van der Waals surface area (Å²) in [6.45, 7) is 6.25. The molecule has 0 atom stereocenters. The molecule has 0 radical (unpaired) electrons. The summed E-state index contributed by atoms with van der Waals surface area (Å²) in [6.07, 6.45) is 1.77. The van der Waals surface area contributed by atoms with Gasteiger partial charge < -0.3 is 10.5 Å². The van der Waals surface area contributed by atoms with Crippen LogP contribution in [-0.2, 0) is 6.61 Å². The molecule has 0 amide bonds. The van der Waals surface area contributed by atoms with Crippen LogP contribution in [0.3, 0.4) is 0 Å². The van der Waals surface area contributed by atoms with Gasteiger partial charge in [-0.3, -0.25) is 4.98 Å². The average Bonchev–Trinajstić information content (AvgIpc) is 2.39.